The number of nitrogens with zero attached hydrogens (tertiary/aromatic N) is 4. The lowest BCUT2D eigenvalue weighted by molar-refractivity contribution is -0.117. The Morgan fingerprint density at radius 3 is 2.77 bits per heavy atom. The number of hydrogen-bond acceptors (Lipinski definition) is 7. The minimum Gasteiger partial charge on any atom is -0.378 e. The number of morpholine rings is 1. The zero-order chi connectivity index (χ0) is 18.5. The average Bonchev–Trinajstić information content (AvgIpc) is 3.04. The Bertz CT molecular complexity index is 808. The van der Waals surface area contributed by atoms with Crippen LogP contribution in [-0.4, -0.2) is 58.8 Å². The van der Waals surface area contributed by atoms with Crippen LogP contribution in [0, 0.1) is 5.82 Å². The third kappa shape index (κ3) is 4.29. The van der Waals surface area contributed by atoms with Crippen molar-refractivity contribution in [3.63, 3.8) is 0 Å². The van der Waals surface area contributed by atoms with E-state index in [0.29, 0.717) is 43.1 Å². The minimum atomic E-state index is -0.920. The predicted octanol–water partition coefficient (Wildman–Crippen LogP) is 0.530. The van der Waals surface area contributed by atoms with Crippen LogP contribution >= 0.6 is 11.8 Å². The maximum Gasteiger partial charge on any atom is 0.318 e. The number of carbonyl (C=O) groups is 2. The average molecular weight is 380 g/mol. The Hall–Kier alpha value is -2.66. The highest BCUT2D eigenvalue weighted by atomic mass is 32.2. The van der Waals surface area contributed by atoms with Crippen molar-refractivity contribution >= 4 is 29.6 Å². The van der Waals surface area contributed by atoms with E-state index in [0.717, 1.165) is 11.8 Å². The Balaban J connectivity index is 1.90. The molecule has 0 bridgehead atoms. The number of anilines is 1. The van der Waals surface area contributed by atoms with Crippen molar-refractivity contribution in [1.82, 2.24) is 20.1 Å². The number of hydrogen-bond donors (Lipinski definition) is 2. The second-order valence-corrected chi connectivity index (χ2v) is 6.34. The molecular weight excluding hydrogens is 363 g/mol. The quantitative estimate of drug-likeness (QED) is 0.727. The number of ether oxygens (including phenoxy) is 1. The van der Waals surface area contributed by atoms with Crippen LogP contribution in [-0.2, 0) is 9.53 Å². The fourth-order valence-corrected chi connectivity index (χ4v) is 3.22. The zero-order valence-electron chi connectivity index (χ0n) is 13.7. The molecule has 1 aliphatic rings. The molecule has 0 radical (unpaired) electrons. The molecule has 26 heavy (non-hydrogen) atoms. The highest BCUT2D eigenvalue weighted by Crippen LogP contribution is 2.27. The number of amides is 3. The summed E-state index contributed by atoms with van der Waals surface area (Å²) in [6, 6.07) is 5.10. The van der Waals surface area contributed by atoms with Crippen molar-refractivity contribution in [2.75, 3.05) is 37.0 Å². The number of thioether (sulfide) groups is 1. The van der Waals surface area contributed by atoms with Crippen LogP contribution in [0.4, 0.5) is 15.1 Å². The van der Waals surface area contributed by atoms with Gasteiger partial charge in [-0.05, 0) is 18.2 Å². The molecule has 1 saturated heterocycles. The summed E-state index contributed by atoms with van der Waals surface area (Å²) in [6.45, 7) is 2.36. The maximum atomic E-state index is 13.7. The van der Waals surface area contributed by atoms with Gasteiger partial charge < -0.3 is 15.4 Å². The molecule has 0 saturated carbocycles. The summed E-state index contributed by atoms with van der Waals surface area (Å²) in [5.74, 6) is -0.494. The summed E-state index contributed by atoms with van der Waals surface area (Å²) in [5, 5.41) is 10.7. The lowest BCUT2D eigenvalue weighted by atomic mass is 10.3. The largest absolute Gasteiger partial charge is 0.378 e. The highest BCUT2D eigenvalue weighted by molar-refractivity contribution is 7.99. The van der Waals surface area contributed by atoms with Crippen molar-refractivity contribution in [2.24, 2.45) is 5.73 Å². The first kappa shape index (κ1) is 18.1. The first-order valence-corrected chi connectivity index (χ1v) is 8.79. The standard InChI is InChI=1S/C15H17FN6O3S/c16-10-2-1-3-11(8-10)22-14(21-4-6-25-7-5-21)19-20-15(22)26-9-12(23)18-13(17)24/h1-3,8H,4-7,9H2,(H3,17,18,23,24). The second kappa shape index (κ2) is 8.15. The van der Waals surface area contributed by atoms with Gasteiger partial charge in [-0.15, -0.1) is 10.2 Å². The van der Waals surface area contributed by atoms with Gasteiger partial charge in [0.2, 0.25) is 11.9 Å². The van der Waals surface area contributed by atoms with E-state index in [1.54, 1.807) is 16.7 Å². The van der Waals surface area contributed by atoms with Crippen molar-refractivity contribution in [2.45, 2.75) is 5.16 Å². The lowest BCUT2D eigenvalue weighted by Gasteiger charge is -2.27. The molecule has 138 valence electrons. The van der Waals surface area contributed by atoms with E-state index in [9.17, 15) is 14.0 Å². The molecule has 2 heterocycles. The summed E-state index contributed by atoms with van der Waals surface area (Å²) in [4.78, 5) is 24.4. The molecule has 1 aromatic heterocycles. The second-order valence-electron chi connectivity index (χ2n) is 5.40. The molecule has 1 fully saturated rings. The summed E-state index contributed by atoms with van der Waals surface area (Å²) < 4.78 is 20.7. The number of aromatic nitrogens is 3. The Labute approximate surface area is 152 Å². The number of primary amides is 1. The van der Waals surface area contributed by atoms with Crippen molar-refractivity contribution in [3.05, 3.63) is 30.1 Å². The molecule has 0 unspecified atom stereocenters. The van der Waals surface area contributed by atoms with Crippen LogP contribution < -0.4 is 16.0 Å². The van der Waals surface area contributed by atoms with E-state index in [2.05, 4.69) is 10.2 Å². The monoisotopic (exact) mass is 380 g/mol. The first-order valence-electron chi connectivity index (χ1n) is 7.81. The van der Waals surface area contributed by atoms with Gasteiger partial charge in [0.05, 0.1) is 24.7 Å². The van der Waals surface area contributed by atoms with Gasteiger partial charge in [0.1, 0.15) is 5.82 Å². The van der Waals surface area contributed by atoms with Crippen LogP contribution in [0.3, 0.4) is 0 Å². The topological polar surface area (TPSA) is 115 Å². The molecule has 1 aliphatic heterocycles. The number of imide groups is 1. The van der Waals surface area contributed by atoms with Crippen molar-refractivity contribution in [3.8, 4) is 5.69 Å². The van der Waals surface area contributed by atoms with E-state index < -0.39 is 17.8 Å². The molecule has 1 aromatic carbocycles. The van der Waals surface area contributed by atoms with E-state index in [1.807, 2.05) is 10.2 Å². The van der Waals surface area contributed by atoms with Gasteiger partial charge in [-0.2, -0.15) is 0 Å². The van der Waals surface area contributed by atoms with Crippen LogP contribution in [0.1, 0.15) is 0 Å². The van der Waals surface area contributed by atoms with E-state index in [-0.39, 0.29) is 5.75 Å². The number of benzene rings is 1. The highest BCUT2D eigenvalue weighted by Gasteiger charge is 2.22. The Morgan fingerprint density at radius 2 is 2.08 bits per heavy atom. The molecule has 2 aromatic rings. The Kier molecular flexibility index (Phi) is 5.68. The Morgan fingerprint density at radius 1 is 1.31 bits per heavy atom. The van der Waals surface area contributed by atoms with Gasteiger partial charge in [0, 0.05) is 13.1 Å². The number of nitrogens with one attached hydrogen (secondary N) is 1. The molecule has 9 nitrogen and oxygen atoms in total. The minimum absolute atomic E-state index is 0.0838. The smallest absolute Gasteiger partial charge is 0.318 e. The predicted molar refractivity (Wildman–Crippen MR) is 92.8 cm³/mol. The van der Waals surface area contributed by atoms with Crippen molar-refractivity contribution < 1.29 is 18.7 Å². The number of urea groups is 1. The lowest BCUT2D eigenvalue weighted by Crippen LogP contribution is -2.38. The van der Waals surface area contributed by atoms with Gasteiger partial charge in [-0.1, -0.05) is 17.8 Å². The first-order chi connectivity index (χ1) is 12.5. The number of carbonyl (C=O) groups excluding carboxylic acids is 2. The van der Waals surface area contributed by atoms with Gasteiger partial charge in [0.25, 0.3) is 0 Å². The van der Waals surface area contributed by atoms with E-state index in [1.165, 1.54) is 12.1 Å². The zero-order valence-corrected chi connectivity index (χ0v) is 14.5. The van der Waals surface area contributed by atoms with Gasteiger partial charge >= 0.3 is 6.03 Å². The number of halogens is 1. The van der Waals surface area contributed by atoms with Crippen LogP contribution in [0.5, 0.6) is 0 Å². The maximum absolute atomic E-state index is 13.7. The fraction of sp³-hybridized carbons (Fsp3) is 0.333. The van der Waals surface area contributed by atoms with Gasteiger partial charge in [-0.3, -0.25) is 14.7 Å². The van der Waals surface area contributed by atoms with Crippen LogP contribution in [0.15, 0.2) is 29.4 Å². The number of nitrogens with two attached hydrogens (primary N) is 1. The molecule has 0 aliphatic carbocycles. The van der Waals surface area contributed by atoms with Gasteiger partial charge in [-0.25, -0.2) is 9.18 Å². The molecule has 3 N–H and O–H groups in total. The molecule has 11 heteroatoms. The van der Waals surface area contributed by atoms with Crippen LogP contribution in [0.2, 0.25) is 0 Å². The van der Waals surface area contributed by atoms with E-state index in [4.69, 9.17) is 10.5 Å². The summed E-state index contributed by atoms with van der Waals surface area (Å²) in [5.41, 5.74) is 5.46. The van der Waals surface area contributed by atoms with Crippen molar-refractivity contribution in [1.29, 1.82) is 0 Å². The number of rotatable bonds is 5. The SMILES string of the molecule is NC(=O)NC(=O)CSc1nnc(N2CCOCC2)n1-c1cccc(F)c1. The fourth-order valence-electron chi connectivity index (χ4n) is 2.47. The summed E-state index contributed by atoms with van der Waals surface area (Å²) in [6.07, 6.45) is 0. The van der Waals surface area contributed by atoms with Gasteiger partial charge in [0.15, 0.2) is 5.16 Å². The van der Waals surface area contributed by atoms with E-state index >= 15 is 0 Å². The van der Waals surface area contributed by atoms with Crippen LogP contribution in [0.25, 0.3) is 5.69 Å². The third-order valence-electron chi connectivity index (χ3n) is 3.57. The molecule has 0 spiro atoms. The molecular formula is C15H17FN6O3S. The normalized spacial score (nSPS) is 14.3. The summed E-state index contributed by atoms with van der Waals surface area (Å²) >= 11 is 1.07. The summed E-state index contributed by atoms with van der Waals surface area (Å²) in [7, 11) is 0. The third-order valence-corrected chi connectivity index (χ3v) is 4.50. The molecule has 3 amide bonds. The molecule has 3 rings (SSSR count). The molecule has 0 atom stereocenters.